The first-order chi connectivity index (χ1) is 12.5. The first kappa shape index (κ1) is 17.3. The summed E-state index contributed by atoms with van der Waals surface area (Å²) in [6.07, 6.45) is 8.47. The minimum Gasteiger partial charge on any atom is -0.504 e. The molecule has 1 N–H and O–H groups in total. The number of nitrogens with zero attached hydrogens (tertiary/aromatic N) is 3. The molecule has 2 atom stereocenters. The van der Waals surface area contributed by atoms with Crippen molar-refractivity contribution in [3.8, 4) is 11.5 Å². The molecule has 2 aliphatic carbocycles. The molecule has 2 aliphatic rings. The molecule has 0 amide bonds. The smallest absolute Gasteiger partial charge is 0.161 e. The van der Waals surface area contributed by atoms with Crippen LogP contribution in [0.2, 0.25) is 0 Å². The first-order valence-corrected chi connectivity index (χ1v) is 9.38. The molecule has 5 nitrogen and oxygen atoms in total. The second-order valence-electron chi connectivity index (χ2n) is 7.93. The third kappa shape index (κ3) is 2.65. The monoisotopic (exact) mass is 353 g/mol. The predicted molar refractivity (Wildman–Crippen MR) is 101 cm³/mol. The molecule has 26 heavy (non-hydrogen) atoms. The van der Waals surface area contributed by atoms with Gasteiger partial charge in [-0.25, -0.2) is 0 Å². The highest BCUT2D eigenvalue weighted by atomic mass is 16.5. The minimum atomic E-state index is -0.112. The fourth-order valence-corrected chi connectivity index (χ4v) is 4.97. The van der Waals surface area contributed by atoms with Gasteiger partial charge < -0.3 is 14.7 Å². The number of aromatic nitrogens is 2. The molecule has 0 radical (unpaired) electrons. The van der Waals surface area contributed by atoms with Crippen molar-refractivity contribution in [1.29, 1.82) is 0 Å². The van der Waals surface area contributed by atoms with Gasteiger partial charge in [0.05, 0.1) is 18.5 Å². The Bertz CT molecular complexity index is 821. The summed E-state index contributed by atoms with van der Waals surface area (Å²) in [5, 5.41) is 11.1. The molecule has 1 aromatic heterocycles. The van der Waals surface area contributed by atoms with Crippen LogP contribution in [-0.4, -0.2) is 47.7 Å². The Morgan fingerprint density at radius 3 is 2.73 bits per heavy atom. The minimum absolute atomic E-state index is 0.112. The lowest BCUT2D eigenvalue weighted by molar-refractivity contribution is 0.170. The first-order valence-electron chi connectivity index (χ1n) is 9.38. The Morgan fingerprint density at radius 1 is 1.23 bits per heavy atom. The van der Waals surface area contributed by atoms with Gasteiger partial charge in [0.25, 0.3) is 0 Å². The van der Waals surface area contributed by atoms with E-state index in [0.29, 0.717) is 17.4 Å². The summed E-state index contributed by atoms with van der Waals surface area (Å²) in [6.45, 7) is 0.974. The van der Waals surface area contributed by atoms with Crippen LogP contribution in [0.4, 0.5) is 0 Å². The van der Waals surface area contributed by atoms with E-state index in [2.05, 4.69) is 35.0 Å². The van der Waals surface area contributed by atoms with E-state index in [4.69, 9.17) is 4.74 Å². The van der Waals surface area contributed by atoms with Crippen molar-refractivity contribution in [3.63, 3.8) is 0 Å². The number of benzene rings is 1. The zero-order chi connectivity index (χ0) is 18.3. The van der Waals surface area contributed by atoms with E-state index in [-0.39, 0.29) is 5.41 Å². The molecule has 0 saturated heterocycles. The molecule has 1 heterocycles. The van der Waals surface area contributed by atoms with Crippen LogP contribution in [0.15, 0.2) is 24.5 Å². The molecule has 0 spiro atoms. The summed E-state index contributed by atoms with van der Waals surface area (Å²) >= 11 is 0. The summed E-state index contributed by atoms with van der Waals surface area (Å²) in [6, 6.07) is 4.03. The van der Waals surface area contributed by atoms with Crippen LogP contribution in [0.1, 0.15) is 35.4 Å². The molecular weight excluding hydrogens is 326 g/mol. The van der Waals surface area contributed by atoms with Gasteiger partial charge in [0.2, 0.25) is 0 Å². The van der Waals surface area contributed by atoms with Crippen LogP contribution in [0.25, 0.3) is 0 Å². The Labute approximate surface area is 155 Å². The maximum atomic E-state index is 11.1. The average molecular weight is 353 g/mol. The van der Waals surface area contributed by atoms with Crippen molar-refractivity contribution in [3.05, 3.63) is 47.0 Å². The lowest BCUT2D eigenvalue weighted by atomic mass is 9.55. The van der Waals surface area contributed by atoms with Gasteiger partial charge in [0, 0.05) is 29.8 Å². The number of ether oxygens (including phenoxy) is 1. The Hall–Kier alpha value is -2.14. The van der Waals surface area contributed by atoms with Crippen molar-refractivity contribution in [2.45, 2.75) is 37.5 Å². The van der Waals surface area contributed by atoms with E-state index in [9.17, 15) is 5.11 Å². The van der Waals surface area contributed by atoms with Gasteiger partial charge in [0.1, 0.15) is 0 Å². The number of methoxy groups -OCH3 is 1. The summed E-state index contributed by atoms with van der Waals surface area (Å²) in [4.78, 5) is 11.5. The van der Waals surface area contributed by atoms with Gasteiger partial charge >= 0.3 is 0 Å². The highest BCUT2D eigenvalue weighted by Gasteiger charge is 2.49. The third-order valence-corrected chi connectivity index (χ3v) is 6.28. The zero-order valence-electron chi connectivity index (χ0n) is 15.8. The van der Waals surface area contributed by atoms with Crippen molar-refractivity contribution >= 4 is 0 Å². The Morgan fingerprint density at radius 2 is 2.00 bits per heavy atom. The number of hydrogen-bond donors (Lipinski definition) is 1. The number of phenols is 1. The van der Waals surface area contributed by atoms with Crippen molar-refractivity contribution in [1.82, 2.24) is 14.9 Å². The van der Waals surface area contributed by atoms with Crippen LogP contribution < -0.4 is 4.74 Å². The van der Waals surface area contributed by atoms with Crippen molar-refractivity contribution in [2.24, 2.45) is 5.92 Å². The predicted octanol–water partition coefficient (Wildman–Crippen LogP) is 2.74. The fraction of sp³-hybridized carbons (Fsp3) is 0.524. The van der Waals surface area contributed by atoms with E-state index >= 15 is 0 Å². The van der Waals surface area contributed by atoms with Crippen LogP contribution in [-0.2, 0) is 24.7 Å². The van der Waals surface area contributed by atoms with Gasteiger partial charge in [-0.1, -0.05) is 6.07 Å². The molecule has 2 aromatic rings. The molecule has 0 bridgehead atoms. The van der Waals surface area contributed by atoms with Crippen LogP contribution in [0, 0.1) is 5.92 Å². The highest BCUT2D eigenvalue weighted by Crippen LogP contribution is 2.54. The molecule has 1 aromatic carbocycles. The van der Waals surface area contributed by atoms with Crippen LogP contribution in [0.3, 0.4) is 0 Å². The SMILES string of the molecule is COc1ccc2c(c1O)[C@]1(CCN(C)C)Cc3nccnc3CC1CC2. The molecule has 4 rings (SSSR count). The molecule has 0 saturated carbocycles. The topological polar surface area (TPSA) is 58.5 Å². The molecular formula is C21H27N3O2. The average Bonchev–Trinajstić information content (AvgIpc) is 2.64. The summed E-state index contributed by atoms with van der Waals surface area (Å²) in [5.41, 5.74) is 4.44. The highest BCUT2D eigenvalue weighted by molar-refractivity contribution is 5.56. The number of fused-ring (bicyclic) bond motifs is 4. The number of phenolic OH excluding ortho intramolecular Hbond substituents is 1. The largest absolute Gasteiger partial charge is 0.504 e. The molecule has 5 heteroatoms. The standard InChI is InChI=1S/C21H27N3O2/c1-24(2)11-8-21-13-17-16(22-9-10-23-17)12-15(21)6-4-14-5-7-18(26-3)20(25)19(14)21/h5,7,9-10,15,25H,4,6,8,11-13H2,1-3H3/t15?,21-/m1/s1. The normalized spacial score (nSPS) is 23.9. The van der Waals surface area contributed by atoms with Crippen molar-refractivity contribution < 1.29 is 9.84 Å². The van der Waals surface area contributed by atoms with E-state index in [0.717, 1.165) is 55.6 Å². The fourth-order valence-electron chi connectivity index (χ4n) is 4.97. The number of rotatable bonds is 4. The lowest BCUT2D eigenvalue weighted by Crippen LogP contribution is -2.47. The summed E-state index contributed by atoms with van der Waals surface area (Å²) in [7, 11) is 5.84. The van der Waals surface area contributed by atoms with E-state index < -0.39 is 0 Å². The van der Waals surface area contributed by atoms with Gasteiger partial charge in [-0.15, -0.1) is 0 Å². The van der Waals surface area contributed by atoms with Gasteiger partial charge in [-0.3, -0.25) is 9.97 Å². The van der Waals surface area contributed by atoms with Crippen LogP contribution >= 0.6 is 0 Å². The number of aryl methyl sites for hydroxylation is 1. The second kappa shape index (κ2) is 6.54. The number of aromatic hydroxyl groups is 1. The van der Waals surface area contributed by atoms with Gasteiger partial charge in [-0.05, 0) is 63.9 Å². The second-order valence-corrected chi connectivity index (χ2v) is 7.93. The van der Waals surface area contributed by atoms with Crippen LogP contribution in [0.5, 0.6) is 11.5 Å². The molecule has 138 valence electrons. The maximum absolute atomic E-state index is 11.1. The molecule has 1 unspecified atom stereocenters. The van der Waals surface area contributed by atoms with Crippen molar-refractivity contribution in [2.75, 3.05) is 27.7 Å². The Kier molecular flexibility index (Phi) is 4.35. The quantitative estimate of drug-likeness (QED) is 0.916. The maximum Gasteiger partial charge on any atom is 0.161 e. The number of hydrogen-bond acceptors (Lipinski definition) is 5. The molecule has 0 fully saturated rings. The van der Waals surface area contributed by atoms with E-state index in [1.54, 1.807) is 19.5 Å². The lowest BCUT2D eigenvalue weighted by Gasteiger charge is -2.49. The van der Waals surface area contributed by atoms with E-state index in [1.165, 1.54) is 5.56 Å². The zero-order valence-corrected chi connectivity index (χ0v) is 15.8. The molecule has 0 aliphatic heterocycles. The van der Waals surface area contributed by atoms with Gasteiger partial charge in [0.15, 0.2) is 11.5 Å². The van der Waals surface area contributed by atoms with Gasteiger partial charge in [-0.2, -0.15) is 0 Å². The summed E-state index contributed by atoms with van der Waals surface area (Å²) in [5.74, 6) is 1.36. The van der Waals surface area contributed by atoms with E-state index in [1.807, 2.05) is 6.07 Å². The summed E-state index contributed by atoms with van der Waals surface area (Å²) < 4.78 is 5.44. The third-order valence-electron chi connectivity index (χ3n) is 6.28. The Balaban J connectivity index is 1.89.